The number of rotatable bonds is 5. The molecule has 0 saturated carbocycles. The van der Waals surface area contributed by atoms with Crippen LogP contribution in [0.2, 0.25) is 0 Å². The molecule has 5 rings (SSSR count). The van der Waals surface area contributed by atoms with Crippen LogP contribution >= 0.6 is 0 Å². The number of anilines is 1. The summed E-state index contributed by atoms with van der Waals surface area (Å²) in [5.74, 6) is 2.01. The number of ether oxygens (including phenoxy) is 2. The van der Waals surface area contributed by atoms with Crippen LogP contribution in [0.4, 0.5) is 5.69 Å². The first-order valence-corrected chi connectivity index (χ1v) is 11.5. The molecule has 2 aliphatic heterocycles. The molecule has 6 nitrogen and oxygen atoms in total. The Morgan fingerprint density at radius 3 is 2.62 bits per heavy atom. The molecule has 0 spiro atoms. The number of piperidine rings is 1. The third kappa shape index (κ3) is 3.84. The van der Waals surface area contributed by atoms with E-state index < -0.39 is 0 Å². The number of hydrogen-bond acceptors (Lipinski definition) is 5. The summed E-state index contributed by atoms with van der Waals surface area (Å²) in [7, 11) is 1.86. The van der Waals surface area contributed by atoms with Crippen LogP contribution in [0.3, 0.4) is 0 Å². The van der Waals surface area contributed by atoms with Gasteiger partial charge in [-0.1, -0.05) is 26.0 Å². The van der Waals surface area contributed by atoms with Gasteiger partial charge < -0.3 is 24.3 Å². The summed E-state index contributed by atoms with van der Waals surface area (Å²) >= 11 is 0. The van der Waals surface area contributed by atoms with E-state index in [1.54, 1.807) is 4.57 Å². The maximum Gasteiger partial charge on any atom is 0.252 e. The molecule has 6 heteroatoms. The van der Waals surface area contributed by atoms with Crippen molar-refractivity contribution in [3.05, 3.63) is 63.9 Å². The van der Waals surface area contributed by atoms with Crippen molar-refractivity contribution in [2.75, 3.05) is 24.8 Å². The molecule has 3 heterocycles. The second-order valence-corrected chi connectivity index (χ2v) is 9.15. The zero-order valence-electron chi connectivity index (χ0n) is 19.1. The fraction of sp³-hybridized carbons (Fsp3) is 0.423. The Morgan fingerprint density at radius 1 is 1.06 bits per heavy atom. The van der Waals surface area contributed by atoms with Crippen LogP contribution in [0.1, 0.15) is 43.7 Å². The van der Waals surface area contributed by atoms with E-state index in [0.29, 0.717) is 12.0 Å². The van der Waals surface area contributed by atoms with Gasteiger partial charge in [-0.05, 0) is 67.2 Å². The zero-order chi connectivity index (χ0) is 22.2. The minimum Gasteiger partial charge on any atom is -0.454 e. The molecular weight excluding hydrogens is 402 g/mol. The number of benzene rings is 2. The Labute approximate surface area is 188 Å². The van der Waals surface area contributed by atoms with E-state index in [9.17, 15) is 4.79 Å². The Balaban J connectivity index is 1.64. The molecule has 0 unspecified atom stereocenters. The molecule has 3 aromatic rings. The van der Waals surface area contributed by atoms with Crippen molar-refractivity contribution in [2.24, 2.45) is 7.05 Å². The molecule has 32 heavy (non-hydrogen) atoms. The lowest BCUT2D eigenvalue weighted by atomic mass is 9.98. The van der Waals surface area contributed by atoms with E-state index in [1.165, 1.54) is 5.56 Å². The number of hydrogen-bond donors (Lipinski definition) is 1. The molecule has 168 valence electrons. The standard InChI is InChI=1S/C26H31N3O3/c1-17(2)19-5-6-22-21(13-19)23(14-26(30)28(22)3)29(20-8-10-27-11-9-20)15-18-4-7-24-25(12-18)32-16-31-24/h4-7,12-14,17,20,27H,8-11,15-16H2,1-3H3. The van der Waals surface area contributed by atoms with Gasteiger partial charge in [0.2, 0.25) is 6.79 Å². The number of nitrogens with one attached hydrogen (secondary N) is 1. The summed E-state index contributed by atoms with van der Waals surface area (Å²) in [5.41, 5.74) is 4.46. The Kier molecular flexibility index (Phi) is 5.55. The lowest BCUT2D eigenvalue weighted by Gasteiger charge is -2.37. The van der Waals surface area contributed by atoms with Gasteiger partial charge in [0.15, 0.2) is 11.5 Å². The Morgan fingerprint density at radius 2 is 1.84 bits per heavy atom. The van der Waals surface area contributed by atoms with E-state index in [0.717, 1.165) is 66.1 Å². The van der Waals surface area contributed by atoms with Crippen molar-refractivity contribution in [3.8, 4) is 11.5 Å². The molecular formula is C26H31N3O3. The number of aromatic nitrogens is 1. The summed E-state index contributed by atoms with van der Waals surface area (Å²) in [4.78, 5) is 15.4. The van der Waals surface area contributed by atoms with Crippen LogP contribution in [0.25, 0.3) is 10.9 Å². The first-order valence-electron chi connectivity index (χ1n) is 11.5. The second kappa shape index (κ2) is 8.51. The average Bonchev–Trinajstić information content (AvgIpc) is 3.28. The molecule has 1 N–H and O–H groups in total. The van der Waals surface area contributed by atoms with E-state index >= 15 is 0 Å². The lowest BCUT2D eigenvalue weighted by molar-refractivity contribution is 0.174. The highest BCUT2D eigenvalue weighted by molar-refractivity contribution is 5.92. The average molecular weight is 434 g/mol. The fourth-order valence-corrected chi connectivity index (χ4v) is 4.82. The summed E-state index contributed by atoms with van der Waals surface area (Å²) in [6, 6.07) is 14.8. The Bertz CT molecular complexity index is 1190. The highest BCUT2D eigenvalue weighted by Crippen LogP contribution is 2.36. The molecule has 1 saturated heterocycles. The van der Waals surface area contributed by atoms with Gasteiger partial charge in [0.1, 0.15) is 0 Å². The van der Waals surface area contributed by atoms with Crippen molar-refractivity contribution in [1.29, 1.82) is 0 Å². The molecule has 0 bridgehead atoms. The molecule has 1 fully saturated rings. The van der Waals surface area contributed by atoms with Crippen LogP contribution in [0, 0.1) is 0 Å². The zero-order valence-corrected chi connectivity index (χ0v) is 19.1. The largest absolute Gasteiger partial charge is 0.454 e. The fourth-order valence-electron chi connectivity index (χ4n) is 4.82. The van der Waals surface area contributed by atoms with E-state index in [-0.39, 0.29) is 12.4 Å². The lowest BCUT2D eigenvalue weighted by Crippen LogP contribution is -2.43. The van der Waals surface area contributed by atoms with Gasteiger partial charge in [-0.25, -0.2) is 0 Å². The van der Waals surface area contributed by atoms with E-state index in [2.05, 4.69) is 54.4 Å². The van der Waals surface area contributed by atoms with Crippen LogP contribution in [0.5, 0.6) is 11.5 Å². The predicted molar refractivity (Wildman–Crippen MR) is 128 cm³/mol. The van der Waals surface area contributed by atoms with Crippen molar-refractivity contribution >= 4 is 16.6 Å². The molecule has 0 aliphatic carbocycles. The van der Waals surface area contributed by atoms with E-state index in [4.69, 9.17) is 9.47 Å². The number of nitrogens with zero attached hydrogens (tertiary/aromatic N) is 2. The molecule has 2 aliphatic rings. The number of aryl methyl sites for hydroxylation is 1. The van der Waals surface area contributed by atoms with Crippen molar-refractivity contribution < 1.29 is 9.47 Å². The predicted octanol–water partition coefficient (Wildman–Crippen LogP) is 4.15. The first kappa shape index (κ1) is 20.9. The van der Waals surface area contributed by atoms with Crippen LogP contribution in [-0.4, -0.2) is 30.5 Å². The highest BCUT2D eigenvalue weighted by atomic mass is 16.7. The smallest absolute Gasteiger partial charge is 0.252 e. The molecule has 0 amide bonds. The minimum atomic E-state index is 0.0226. The van der Waals surface area contributed by atoms with Crippen molar-refractivity contribution in [3.63, 3.8) is 0 Å². The van der Waals surface area contributed by atoms with Gasteiger partial charge in [-0.3, -0.25) is 4.79 Å². The maximum atomic E-state index is 13.0. The van der Waals surface area contributed by atoms with Crippen LogP contribution in [-0.2, 0) is 13.6 Å². The summed E-state index contributed by atoms with van der Waals surface area (Å²) < 4.78 is 12.9. The second-order valence-electron chi connectivity index (χ2n) is 9.15. The molecule has 2 aromatic carbocycles. The molecule has 0 atom stereocenters. The topological polar surface area (TPSA) is 55.7 Å². The van der Waals surface area contributed by atoms with Crippen LogP contribution < -0.4 is 25.2 Å². The normalized spacial score (nSPS) is 16.1. The first-order chi connectivity index (χ1) is 15.5. The van der Waals surface area contributed by atoms with Gasteiger partial charge in [0, 0.05) is 31.1 Å². The van der Waals surface area contributed by atoms with Crippen molar-refractivity contribution in [2.45, 2.75) is 45.2 Å². The number of pyridine rings is 1. The van der Waals surface area contributed by atoms with Crippen molar-refractivity contribution in [1.82, 2.24) is 9.88 Å². The van der Waals surface area contributed by atoms with Gasteiger partial charge in [0.25, 0.3) is 5.56 Å². The quantitative estimate of drug-likeness (QED) is 0.655. The van der Waals surface area contributed by atoms with Gasteiger partial charge in [-0.2, -0.15) is 0 Å². The SMILES string of the molecule is CC(C)c1ccc2c(c1)c(N(Cc1ccc3c(c1)OCO3)C1CCNCC1)cc(=O)n2C. The van der Waals surface area contributed by atoms with Gasteiger partial charge >= 0.3 is 0 Å². The van der Waals surface area contributed by atoms with E-state index in [1.807, 2.05) is 19.2 Å². The number of fused-ring (bicyclic) bond motifs is 2. The monoisotopic (exact) mass is 433 g/mol. The summed E-state index contributed by atoms with van der Waals surface area (Å²) in [6.07, 6.45) is 2.09. The Hall–Kier alpha value is -2.99. The minimum absolute atomic E-state index is 0.0226. The van der Waals surface area contributed by atoms with Gasteiger partial charge in [-0.15, -0.1) is 0 Å². The van der Waals surface area contributed by atoms with Crippen LogP contribution in [0.15, 0.2) is 47.3 Å². The third-order valence-corrected chi connectivity index (χ3v) is 6.76. The summed E-state index contributed by atoms with van der Waals surface area (Å²) in [5, 5.41) is 4.61. The molecule has 1 aromatic heterocycles. The third-order valence-electron chi connectivity index (χ3n) is 6.76. The van der Waals surface area contributed by atoms with Gasteiger partial charge in [0.05, 0.1) is 11.2 Å². The molecule has 0 radical (unpaired) electrons. The maximum absolute atomic E-state index is 13.0. The highest BCUT2D eigenvalue weighted by Gasteiger charge is 2.25. The summed E-state index contributed by atoms with van der Waals surface area (Å²) in [6.45, 7) is 7.38.